The van der Waals surface area contributed by atoms with Crippen LogP contribution in [0.1, 0.15) is 13.8 Å². The number of esters is 2. The normalized spacial score (nSPS) is 17.8. The maximum atomic E-state index is 11.5. The molecule has 1 rings (SSSR count). The van der Waals surface area contributed by atoms with Gasteiger partial charge in [0.25, 0.3) is 0 Å². The highest BCUT2D eigenvalue weighted by molar-refractivity contribution is 6.40. The zero-order chi connectivity index (χ0) is 12.3. The van der Waals surface area contributed by atoms with Crippen LogP contribution in [0.5, 0.6) is 0 Å². The van der Waals surface area contributed by atoms with Crippen LogP contribution in [-0.2, 0) is 19.1 Å². The molecule has 0 aliphatic carbocycles. The molecule has 0 radical (unpaired) electrons. The van der Waals surface area contributed by atoms with Gasteiger partial charge in [-0.25, -0.2) is 9.59 Å². The second-order valence-corrected chi connectivity index (χ2v) is 3.76. The average Bonchev–Trinajstić information content (AvgIpc) is 2.26. The lowest BCUT2D eigenvalue weighted by atomic mass is 9.79. The molecule has 0 aromatic carbocycles. The first kappa shape index (κ1) is 12.2. The highest BCUT2D eigenvalue weighted by atomic mass is 16.5. The molecule has 1 aliphatic heterocycles. The van der Waals surface area contributed by atoms with E-state index in [2.05, 4.69) is 20.0 Å². The minimum atomic E-state index is -0.842. The van der Waals surface area contributed by atoms with E-state index in [0.717, 1.165) is 0 Å². The summed E-state index contributed by atoms with van der Waals surface area (Å²) in [4.78, 5) is 23.0. The number of hydrazone groups is 1. The molecule has 1 N–H and O–H groups in total. The van der Waals surface area contributed by atoms with Gasteiger partial charge in [0.05, 0.1) is 19.8 Å². The molecule has 0 spiro atoms. The second kappa shape index (κ2) is 4.34. The van der Waals surface area contributed by atoms with Crippen molar-refractivity contribution in [2.75, 3.05) is 14.2 Å². The van der Waals surface area contributed by atoms with E-state index in [0.29, 0.717) is 5.57 Å². The first-order valence-corrected chi connectivity index (χ1v) is 4.66. The van der Waals surface area contributed by atoms with Crippen LogP contribution in [0.3, 0.4) is 0 Å². The summed E-state index contributed by atoms with van der Waals surface area (Å²) < 4.78 is 9.23. The first-order chi connectivity index (χ1) is 7.45. The zero-order valence-corrected chi connectivity index (χ0v) is 9.66. The minimum Gasteiger partial charge on any atom is -0.466 e. The van der Waals surface area contributed by atoms with Crippen LogP contribution in [0.4, 0.5) is 0 Å². The number of rotatable bonds is 2. The molecule has 6 nitrogen and oxygen atoms in total. The number of ether oxygens (including phenoxy) is 2. The van der Waals surface area contributed by atoms with Gasteiger partial charge in [-0.3, -0.25) is 5.43 Å². The fraction of sp³-hybridized carbons (Fsp3) is 0.500. The number of hydrogen-bond donors (Lipinski definition) is 1. The Morgan fingerprint density at radius 3 is 2.31 bits per heavy atom. The van der Waals surface area contributed by atoms with Gasteiger partial charge in [0.1, 0.15) is 0 Å². The Bertz CT molecular complexity index is 348. The standard InChI is InChI=1S/C10H14N2O4/c1-10(2)6(8(13)15-3)5-11-12-7(10)9(14)16-4/h5,11H,1-4H3. The molecule has 1 aliphatic rings. The van der Waals surface area contributed by atoms with Gasteiger partial charge in [-0.15, -0.1) is 0 Å². The summed E-state index contributed by atoms with van der Waals surface area (Å²) in [6.45, 7) is 3.40. The van der Waals surface area contributed by atoms with Crippen molar-refractivity contribution in [3.8, 4) is 0 Å². The Hall–Kier alpha value is -1.85. The SMILES string of the molecule is COC(=O)C1=CNN=C(C(=O)OC)C1(C)C. The number of carbonyl (C=O) groups is 2. The summed E-state index contributed by atoms with van der Waals surface area (Å²) in [5.74, 6) is -1.08. The van der Waals surface area contributed by atoms with Crippen LogP contribution in [0.15, 0.2) is 16.9 Å². The highest BCUT2D eigenvalue weighted by Gasteiger charge is 2.41. The van der Waals surface area contributed by atoms with E-state index in [4.69, 9.17) is 0 Å². The van der Waals surface area contributed by atoms with Crippen molar-refractivity contribution in [2.45, 2.75) is 13.8 Å². The predicted molar refractivity (Wildman–Crippen MR) is 56.5 cm³/mol. The van der Waals surface area contributed by atoms with E-state index in [1.54, 1.807) is 13.8 Å². The van der Waals surface area contributed by atoms with E-state index in [-0.39, 0.29) is 5.71 Å². The highest BCUT2D eigenvalue weighted by Crippen LogP contribution is 2.31. The molecule has 1 heterocycles. The summed E-state index contributed by atoms with van der Waals surface area (Å²) in [5, 5.41) is 3.83. The third kappa shape index (κ3) is 1.91. The molecule has 0 aromatic heterocycles. The lowest BCUT2D eigenvalue weighted by Crippen LogP contribution is -2.41. The van der Waals surface area contributed by atoms with Crippen LogP contribution in [0.25, 0.3) is 0 Å². The Kier molecular flexibility index (Phi) is 3.31. The second-order valence-electron chi connectivity index (χ2n) is 3.76. The fourth-order valence-corrected chi connectivity index (χ4v) is 1.43. The molecule has 0 unspecified atom stereocenters. The van der Waals surface area contributed by atoms with Gasteiger partial charge >= 0.3 is 11.9 Å². The quantitative estimate of drug-likeness (QED) is 0.681. The first-order valence-electron chi connectivity index (χ1n) is 4.66. The average molecular weight is 226 g/mol. The van der Waals surface area contributed by atoms with E-state index < -0.39 is 17.4 Å². The lowest BCUT2D eigenvalue weighted by Gasteiger charge is -2.28. The van der Waals surface area contributed by atoms with Crippen molar-refractivity contribution in [3.63, 3.8) is 0 Å². The van der Waals surface area contributed by atoms with Crippen LogP contribution in [0.2, 0.25) is 0 Å². The van der Waals surface area contributed by atoms with Crippen molar-refractivity contribution in [2.24, 2.45) is 10.5 Å². The third-order valence-electron chi connectivity index (χ3n) is 2.43. The van der Waals surface area contributed by atoms with Gasteiger partial charge in [0, 0.05) is 11.6 Å². The molecule has 0 atom stereocenters. The summed E-state index contributed by atoms with van der Waals surface area (Å²) in [6, 6.07) is 0. The number of methoxy groups -OCH3 is 2. The number of carbonyl (C=O) groups excluding carboxylic acids is 2. The smallest absolute Gasteiger partial charge is 0.355 e. The van der Waals surface area contributed by atoms with Crippen LogP contribution in [0, 0.1) is 5.41 Å². The molecule has 0 bridgehead atoms. The zero-order valence-electron chi connectivity index (χ0n) is 9.66. The number of nitrogens with zero attached hydrogens (tertiary/aromatic N) is 1. The van der Waals surface area contributed by atoms with Crippen molar-refractivity contribution >= 4 is 17.7 Å². The van der Waals surface area contributed by atoms with E-state index in [9.17, 15) is 9.59 Å². The maximum absolute atomic E-state index is 11.5. The Morgan fingerprint density at radius 2 is 1.81 bits per heavy atom. The lowest BCUT2D eigenvalue weighted by molar-refractivity contribution is -0.137. The summed E-state index contributed by atoms with van der Waals surface area (Å²) in [6.07, 6.45) is 1.41. The van der Waals surface area contributed by atoms with Crippen molar-refractivity contribution < 1.29 is 19.1 Å². The summed E-state index contributed by atoms with van der Waals surface area (Å²) in [5.41, 5.74) is 2.11. The van der Waals surface area contributed by atoms with Crippen molar-refractivity contribution in [1.82, 2.24) is 5.43 Å². The Morgan fingerprint density at radius 1 is 1.25 bits per heavy atom. The molecule has 6 heteroatoms. The van der Waals surface area contributed by atoms with Gasteiger partial charge in [0.2, 0.25) is 0 Å². The summed E-state index contributed by atoms with van der Waals surface area (Å²) in [7, 11) is 2.54. The van der Waals surface area contributed by atoms with Gasteiger partial charge in [-0.1, -0.05) is 0 Å². The molecule has 88 valence electrons. The molecular weight excluding hydrogens is 212 g/mol. The molecule has 16 heavy (non-hydrogen) atoms. The van der Waals surface area contributed by atoms with Crippen molar-refractivity contribution in [3.05, 3.63) is 11.8 Å². The van der Waals surface area contributed by atoms with E-state index in [1.807, 2.05) is 0 Å². The number of hydrogen-bond acceptors (Lipinski definition) is 6. The van der Waals surface area contributed by atoms with Gasteiger partial charge in [-0.2, -0.15) is 5.10 Å². The minimum absolute atomic E-state index is 0.137. The Balaban J connectivity index is 3.08. The van der Waals surface area contributed by atoms with E-state index >= 15 is 0 Å². The molecule has 0 saturated heterocycles. The van der Waals surface area contributed by atoms with Gasteiger partial charge in [0.15, 0.2) is 5.71 Å². The van der Waals surface area contributed by atoms with Gasteiger partial charge in [-0.05, 0) is 13.8 Å². The summed E-state index contributed by atoms with van der Waals surface area (Å²) >= 11 is 0. The number of nitrogens with one attached hydrogen (secondary N) is 1. The van der Waals surface area contributed by atoms with Crippen molar-refractivity contribution in [1.29, 1.82) is 0 Å². The van der Waals surface area contributed by atoms with Crippen LogP contribution < -0.4 is 5.43 Å². The Labute approximate surface area is 93.3 Å². The monoisotopic (exact) mass is 226 g/mol. The van der Waals surface area contributed by atoms with Crippen LogP contribution >= 0.6 is 0 Å². The topological polar surface area (TPSA) is 77.0 Å². The predicted octanol–water partition coefficient (Wildman–Crippen LogP) is 0.202. The third-order valence-corrected chi connectivity index (χ3v) is 2.43. The van der Waals surface area contributed by atoms with Crippen LogP contribution in [-0.4, -0.2) is 31.9 Å². The van der Waals surface area contributed by atoms with E-state index in [1.165, 1.54) is 20.4 Å². The van der Waals surface area contributed by atoms with Gasteiger partial charge < -0.3 is 9.47 Å². The molecule has 0 fully saturated rings. The maximum Gasteiger partial charge on any atom is 0.355 e. The molecule has 0 aromatic rings. The molecule has 0 saturated carbocycles. The molecular formula is C10H14N2O4. The largest absolute Gasteiger partial charge is 0.466 e. The molecule has 0 amide bonds. The fourth-order valence-electron chi connectivity index (χ4n) is 1.43.